The Hall–Kier alpha value is -0.620. The van der Waals surface area contributed by atoms with Crippen LogP contribution in [0.25, 0.3) is 0 Å². The highest BCUT2D eigenvalue weighted by molar-refractivity contribution is 6.30. The molecule has 2 aliphatic heterocycles. The van der Waals surface area contributed by atoms with Gasteiger partial charge in [0.05, 0.1) is 18.9 Å². The highest BCUT2D eigenvalue weighted by Gasteiger charge is 2.26. The van der Waals surface area contributed by atoms with E-state index >= 15 is 0 Å². The minimum absolute atomic E-state index is 0.669. The van der Waals surface area contributed by atoms with E-state index in [-0.39, 0.29) is 0 Å². The molecule has 136 valence electrons. The van der Waals surface area contributed by atoms with Gasteiger partial charge in [0, 0.05) is 38.3 Å². The van der Waals surface area contributed by atoms with Crippen LogP contribution in [0.2, 0.25) is 5.15 Å². The third-order valence-corrected chi connectivity index (χ3v) is 5.95. The molecule has 2 fully saturated rings. The number of aromatic nitrogens is 2. The van der Waals surface area contributed by atoms with Gasteiger partial charge < -0.3 is 4.74 Å². The van der Waals surface area contributed by atoms with Crippen LogP contribution < -0.4 is 0 Å². The first-order chi connectivity index (χ1) is 11.7. The minimum atomic E-state index is 0.669. The first kappa shape index (κ1) is 18.2. The van der Waals surface area contributed by atoms with Crippen molar-refractivity contribution >= 4 is 11.6 Å². The maximum absolute atomic E-state index is 6.51. The van der Waals surface area contributed by atoms with Gasteiger partial charge >= 0.3 is 0 Å². The minimum Gasteiger partial charge on any atom is -0.379 e. The Labute approximate surface area is 150 Å². The van der Waals surface area contributed by atoms with Crippen LogP contribution in [0.5, 0.6) is 0 Å². The molecule has 3 rings (SSSR count). The predicted molar refractivity (Wildman–Crippen MR) is 97.5 cm³/mol. The fraction of sp³-hybridized carbons (Fsp3) is 0.833. The molecule has 2 aliphatic rings. The van der Waals surface area contributed by atoms with Crippen LogP contribution in [0.4, 0.5) is 0 Å². The van der Waals surface area contributed by atoms with Crippen LogP contribution in [0.15, 0.2) is 0 Å². The van der Waals surface area contributed by atoms with Crippen LogP contribution >= 0.6 is 11.6 Å². The van der Waals surface area contributed by atoms with E-state index in [2.05, 4.69) is 21.8 Å². The maximum Gasteiger partial charge on any atom is 0.131 e. The Kier molecular flexibility index (Phi) is 6.56. The Bertz CT molecular complexity index is 527. The van der Waals surface area contributed by atoms with E-state index in [1.54, 1.807) is 0 Å². The number of hydrogen-bond acceptors (Lipinski definition) is 4. The second-order valence-electron chi connectivity index (χ2n) is 7.06. The van der Waals surface area contributed by atoms with Crippen molar-refractivity contribution in [3.63, 3.8) is 0 Å². The molecule has 1 aromatic heterocycles. The van der Waals surface area contributed by atoms with E-state index in [0.717, 1.165) is 50.1 Å². The van der Waals surface area contributed by atoms with E-state index in [0.29, 0.717) is 6.04 Å². The Morgan fingerprint density at radius 3 is 2.75 bits per heavy atom. The molecule has 3 heterocycles. The van der Waals surface area contributed by atoms with Gasteiger partial charge in [0.25, 0.3) is 0 Å². The molecule has 1 aromatic rings. The molecule has 0 unspecified atom stereocenters. The van der Waals surface area contributed by atoms with E-state index in [1.165, 1.54) is 44.3 Å². The Balaban J connectivity index is 1.62. The fourth-order valence-electron chi connectivity index (χ4n) is 3.99. The van der Waals surface area contributed by atoms with Crippen LogP contribution in [0.1, 0.15) is 43.9 Å². The summed E-state index contributed by atoms with van der Waals surface area (Å²) in [6.45, 7) is 9.42. The summed E-state index contributed by atoms with van der Waals surface area (Å²) < 4.78 is 7.28. The van der Waals surface area contributed by atoms with Crippen molar-refractivity contribution in [3.05, 3.63) is 16.4 Å². The number of morpholine rings is 1. The molecule has 2 saturated heterocycles. The van der Waals surface area contributed by atoms with Crippen molar-refractivity contribution in [2.24, 2.45) is 7.05 Å². The summed E-state index contributed by atoms with van der Waals surface area (Å²) in [6.07, 6.45) is 6.16. The average molecular weight is 355 g/mol. The molecule has 0 aliphatic carbocycles. The number of nitrogens with zero attached hydrogens (tertiary/aromatic N) is 4. The van der Waals surface area contributed by atoms with Crippen molar-refractivity contribution in [3.8, 4) is 0 Å². The van der Waals surface area contributed by atoms with Crippen molar-refractivity contribution in [2.45, 2.75) is 51.6 Å². The van der Waals surface area contributed by atoms with Gasteiger partial charge in [-0.3, -0.25) is 14.5 Å². The smallest absolute Gasteiger partial charge is 0.131 e. The summed E-state index contributed by atoms with van der Waals surface area (Å²) in [7, 11) is 1.94. The average Bonchev–Trinajstić information content (AvgIpc) is 2.89. The molecular weight excluding hydrogens is 324 g/mol. The first-order valence-electron chi connectivity index (χ1n) is 9.43. The molecule has 0 bridgehead atoms. The zero-order valence-electron chi connectivity index (χ0n) is 15.1. The van der Waals surface area contributed by atoms with Gasteiger partial charge in [-0.1, -0.05) is 24.9 Å². The number of rotatable bonds is 6. The van der Waals surface area contributed by atoms with E-state index in [9.17, 15) is 0 Å². The van der Waals surface area contributed by atoms with Gasteiger partial charge in [-0.05, 0) is 38.8 Å². The second kappa shape index (κ2) is 8.65. The van der Waals surface area contributed by atoms with Gasteiger partial charge in [-0.25, -0.2) is 0 Å². The van der Waals surface area contributed by atoms with Crippen molar-refractivity contribution < 1.29 is 4.74 Å². The summed E-state index contributed by atoms with van der Waals surface area (Å²) in [6, 6.07) is 0.669. The first-order valence-corrected chi connectivity index (χ1v) is 9.81. The number of ether oxygens (including phenoxy) is 1. The van der Waals surface area contributed by atoms with Gasteiger partial charge in [-0.15, -0.1) is 0 Å². The molecule has 0 N–H and O–H groups in total. The lowest BCUT2D eigenvalue weighted by molar-refractivity contribution is 0.0302. The topological polar surface area (TPSA) is 33.5 Å². The van der Waals surface area contributed by atoms with Gasteiger partial charge in [0.1, 0.15) is 5.15 Å². The molecule has 0 saturated carbocycles. The molecule has 0 spiro atoms. The van der Waals surface area contributed by atoms with Gasteiger partial charge in [0.15, 0.2) is 0 Å². The SMILES string of the molecule is CCc1nn(C)c(Cl)c1CN1CCCC[C@H]1CCN1CCOCC1. The molecule has 0 aromatic carbocycles. The fourth-order valence-corrected chi connectivity index (χ4v) is 4.20. The number of aryl methyl sites for hydroxylation is 2. The van der Waals surface area contributed by atoms with Crippen molar-refractivity contribution in [1.29, 1.82) is 0 Å². The number of halogens is 1. The quantitative estimate of drug-likeness (QED) is 0.786. The molecule has 1 atom stereocenters. The lowest BCUT2D eigenvalue weighted by Crippen LogP contribution is -2.43. The normalized spacial score (nSPS) is 23.7. The molecule has 6 heteroatoms. The van der Waals surface area contributed by atoms with Crippen LogP contribution in [-0.4, -0.2) is 65.0 Å². The van der Waals surface area contributed by atoms with Crippen LogP contribution in [0, 0.1) is 0 Å². The molecular formula is C18H31ClN4O. The zero-order valence-corrected chi connectivity index (χ0v) is 15.9. The highest BCUT2D eigenvalue weighted by Crippen LogP contribution is 2.27. The third kappa shape index (κ3) is 4.31. The number of likely N-dealkylation sites (tertiary alicyclic amines) is 1. The summed E-state index contributed by atoms with van der Waals surface area (Å²) >= 11 is 6.51. The third-order valence-electron chi connectivity index (χ3n) is 5.48. The van der Waals surface area contributed by atoms with E-state index < -0.39 is 0 Å². The van der Waals surface area contributed by atoms with E-state index in [4.69, 9.17) is 16.3 Å². The monoisotopic (exact) mass is 354 g/mol. The van der Waals surface area contributed by atoms with Gasteiger partial charge in [-0.2, -0.15) is 5.10 Å². The number of hydrogen-bond donors (Lipinski definition) is 0. The summed E-state index contributed by atoms with van der Waals surface area (Å²) in [5.41, 5.74) is 2.39. The van der Waals surface area contributed by atoms with Crippen LogP contribution in [-0.2, 0) is 24.8 Å². The van der Waals surface area contributed by atoms with E-state index in [1.807, 2.05) is 11.7 Å². The molecule has 24 heavy (non-hydrogen) atoms. The zero-order chi connectivity index (χ0) is 16.9. The largest absolute Gasteiger partial charge is 0.379 e. The lowest BCUT2D eigenvalue weighted by Gasteiger charge is -2.37. The lowest BCUT2D eigenvalue weighted by atomic mass is 9.98. The summed E-state index contributed by atoms with van der Waals surface area (Å²) in [5.74, 6) is 0. The highest BCUT2D eigenvalue weighted by atomic mass is 35.5. The van der Waals surface area contributed by atoms with Crippen LogP contribution in [0.3, 0.4) is 0 Å². The van der Waals surface area contributed by atoms with Gasteiger partial charge in [0.2, 0.25) is 0 Å². The standard InChI is InChI=1S/C18H31ClN4O/c1-3-17-16(18(19)21(2)20-17)14-23-8-5-4-6-15(23)7-9-22-10-12-24-13-11-22/h15H,3-14H2,1-2H3/t15-/m0/s1. The second-order valence-corrected chi connectivity index (χ2v) is 7.41. The molecule has 0 radical (unpaired) electrons. The predicted octanol–water partition coefficient (Wildman–Crippen LogP) is 2.71. The van der Waals surface area contributed by atoms with Crippen molar-refractivity contribution in [2.75, 3.05) is 39.4 Å². The Morgan fingerprint density at radius 2 is 2.00 bits per heavy atom. The number of piperidine rings is 1. The van der Waals surface area contributed by atoms with Crippen molar-refractivity contribution in [1.82, 2.24) is 19.6 Å². The summed E-state index contributed by atoms with van der Waals surface area (Å²) in [5, 5.41) is 5.38. The summed E-state index contributed by atoms with van der Waals surface area (Å²) in [4.78, 5) is 5.19. The molecule has 5 nitrogen and oxygen atoms in total. The maximum atomic E-state index is 6.51. The Morgan fingerprint density at radius 1 is 1.21 bits per heavy atom. The molecule has 0 amide bonds.